The molecule has 124 valence electrons. The van der Waals surface area contributed by atoms with Gasteiger partial charge in [0.1, 0.15) is 27.5 Å². The zero-order valence-electron chi connectivity index (χ0n) is 13.6. The van der Waals surface area contributed by atoms with Gasteiger partial charge < -0.3 is 19.5 Å². The quantitative estimate of drug-likeness (QED) is 0.877. The molecule has 6 nitrogen and oxygen atoms in total. The number of hydrogen-bond donors (Lipinski definition) is 1. The van der Waals surface area contributed by atoms with E-state index < -0.39 is 6.10 Å². The van der Waals surface area contributed by atoms with Gasteiger partial charge in [0.2, 0.25) is 0 Å². The smallest absolute Gasteiger partial charge is 0.265 e. The highest BCUT2D eigenvalue weighted by Crippen LogP contribution is 2.26. The Morgan fingerprint density at radius 2 is 2.13 bits per heavy atom. The molecule has 0 saturated heterocycles. The van der Waals surface area contributed by atoms with Crippen molar-refractivity contribution in [1.82, 2.24) is 9.88 Å². The molecule has 1 atom stereocenters. The fourth-order valence-corrected chi connectivity index (χ4v) is 2.93. The summed E-state index contributed by atoms with van der Waals surface area (Å²) in [4.78, 5) is 18.6. The van der Waals surface area contributed by atoms with E-state index in [1.807, 2.05) is 12.1 Å². The topological polar surface area (TPSA) is 71.9 Å². The van der Waals surface area contributed by atoms with Gasteiger partial charge in [0.05, 0.1) is 20.4 Å². The molecule has 1 amide bonds. The SMILES string of the molecule is COc1ccc(CN(C)C(=O)c2cnc([C@@H](C)O)s2)c(OC)c1. The van der Waals surface area contributed by atoms with Gasteiger partial charge >= 0.3 is 0 Å². The molecule has 7 heteroatoms. The van der Waals surface area contributed by atoms with Crippen LogP contribution < -0.4 is 9.47 Å². The molecule has 1 aromatic heterocycles. The van der Waals surface area contributed by atoms with Crippen molar-refractivity contribution in [1.29, 1.82) is 0 Å². The van der Waals surface area contributed by atoms with Crippen LogP contribution in [0.3, 0.4) is 0 Å². The molecule has 0 fully saturated rings. The summed E-state index contributed by atoms with van der Waals surface area (Å²) in [5, 5.41) is 10.0. The van der Waals surface area contributed by atoms with E-state index in [0.717, 1.165) is 5.56 Å². The fraction of sp³-hybridized carbons (Fsp3) is 0.375. The van der Waals surface area contributed by atoms with E-state index in [9.17, 15) is 9.90 Å². The van der Waals surface area contributed by atoms with Crippen LogP contribution >= 0.6 is 11.3 Å². The van der Waals surface area contributed by atoms with E-state index in [1.54, 1.807) is 39.2 Å². The molecule has 0 aliphatic carbocycles. The number of aliphatic hydroxyl groups is 1. The first-order valence-electron chi connectivity index (χ1n) is 7.06. The van der Waals surface area contributed by atoms with Gasteiger partial charge in [-0.15, -0.1) is 11.3 Å². The molecular formula is C16H20N2O4S. The number of methoxy groups -OCH3 is 2. The lowest BCUT2D eigenvalue weighted by atomic mass is 10.1. The molecule has 2 aromatic rings. The zero-order chi connectivity index (χ0) is 17.0. The molecule has 1 aromatic carbocycles. The molecule has 1 N–H and O–H groups in total. The molecular weight excluding hydrogens is 316 g/mol. The standard InChI is InChI=1S/C16H20N2O4S/c1-10(19)15-17-8-14(23-15)16(20)18(2)9-11-5-6-12(21-3)7-13(11)22-4/h5-8,10,19H,9H2,1-4H3/t10-/m1/s1. The number of benzene rings is 1. The van der Waals surface area contributed by atoms with Gasteiger partial charge in [-0.1, -0.05) is 0 Å². The Kier molecular flexibility index (Phi) is 5.57. The predicted molar refractivity (Wildman–Crippen MR) is 88.1 cm³/mol. The van der Waals surface area contributed by atoms with Crippen molar-refractivity contribution in [2.75, 3.05) is 21.3 Å². The largest absolute Gasteiger partial charge is 0.497 e. The van der Waals surface area contributed by atoms with Crippen molar-refractivity contribution >= 4 is 17.2 Å². The summed E-state index contributed by atoms with van der Waals surface area (Å²) in [7, 11) is 4.89. The zero-order valence-corrected chi connectivity index (χ0v) is 14.4. The van der Waals surface area contributed by atoms with E-state index in [-0.39, 0.29) is 5.91 Å². The minimum atomic E-state index is -0.673. The first-order valence-corrected chi connectivity index (χ1v) is 7.88. The molecule has 0 saturated carbocycles. The molecule has 0 bridgehead atoms. The number of carbonyl (C=O) groups excluding carboxylic acids is 1. The minimum absolute atomic E-state index is 0.146. The van der Waals surface area contributed by atoms with Crippen LogP contribution in [0.1, 0.15) is 33.3 Å². The van der Waals surface area contributed by atoms with E-state index >= 15 is 0 Å². The summed E-state index contributed by atoms with van der Waals surface area (Å²) in [5.41, 5.74) is 0.879. The number of aliphatic hydroxyl groups excluding tert-OH is 1. The fourth-order valence-electron chi connectivity index (χ4n) is 2.08. The van der Waals surface area contributed by atoms with Crippen molar-refractivity contribution in [3.8, 4) is 11.5 Å². The van der Waals surface area contributed by atoms with Crippen molar-refractivity contribution in [3.05, 3.63) is 39.8 Å². The van der Waals surface area contributed by atoms with Gasteiger partial charge in [0.25, 0.3) is 5.91 Å². The average Bonchev–Trinajstić information content (AvgIpc) is 3.04. The van der Waals surface area contributed by atoms with Crippen LogP contribution in [0.25, 0.3) is 0 Å². The van der Waals surface area contributed by atoms with Crippen molar-refractivity contribution in [2.24, 2.45) is 0 Å². The monoisotopic (exact) mass is 336 g/mol. The Balaban J connectivity index is 2.14. The normalized spacial score (nSPS) is 11.9. The lowest BCUT2D eigenvalue weighted by Crippen LogP contribution is -2.25. The molecule has 1 heterocycles. The van der Waals surface area contributed by atoms with Gasteiger partial charge in [-0.05, 0) is 19.1 Å². The van der Waals surface area contributed by atoms with Crippen molar-refractivity contribution < 1.29 is 19.4 Å². The number of thiazole rings is 1. The molecule has 23 heavy (non-hydrogen) atoms. The van der Waals surface area contributed by atoms with Crippen molar-refractivity contribution in [3.63, 3.8) is 0 Å². The second-order valence-electron chi connectivity index (χ2n) is 5.08. The summed E-state index contributed by atoms with van der Waals surface area (Å²) < 4.78 is 10.5. The molecule has 2 rings (SSSR count). The van der Waals surface area contributed by atoms with Gasteiger partial charge in [-0.3, -0.25) is 4.79 Å². The maximum Gasteiger partial charge on any atom is 0.265 e. The number of carbonyl (C=O) groups is 1. The summed E-state index contributed by atoms with van der Waals surface area (Å²) in [6.45, 7) is 2.02. The predicted octanol–water partition coefficient (Wildman–Crippen LogP) is 2.49. The van der Waals surface area contributed by atoms with Crippen LogP contribution in [0.15, 0.2) is 24.4 Å². The number of ether oxygens (including phenoxy) is 2. The molecule has 0 spiro atoms. The Labute approximate surface area is 139 Å². The number of aromatic nitrogens is 1. The molecule has 0 radical (unpaired) electrons. The highest BCUT2D eigenvalue weighted by Gasteiger charge is 2.18. The van der Waals surface area contributed by atoms with E-state index in [4.69, 9.17) is 9.47 Å². The van der Waals surface area contributed by atoms with Crippen molar-refractivity contribution in [2.45, 2.75) is 19.6 Å². The Morgan fingerprint density at radius 3 is 2.70 bits per heavy atom. The second kappa shape index (κ2) is 7.43. The lowest BCUT2D eigenvalue weighted by molar-refractivity contribution is 0.0788. The number of hydrogen-bond acceptors (Lipinski definition) is 6. The van der Waals surface area contributed by atoms with Crippen LogP contribution in [-0.4, -0.2) is 42.2 Å². The summed E-state index contributed by atoms with van der Waals surface area (Å²) in [6.07, 6.45) is 0.824. The first-order chi connectivity index (χ1) is 11.0. The first kappa shape index (κ1) is 17.2. The van der Waals surface area contributed by atoms with Crippen LogP contribution in [-0.2, 0) is 6.54 Å². The van der Waals surface area contributed by atoms with Gasteiger partial charge in [0, 0.05) is 25.2 Å². The summed E-state index contributed by atoms with van der Waals surface area (Å²) >= 11 is 1.20. The highest BCUT2D eigenvalue weighted by atomic mass is 32.1. The van der Waals surface area contributed by atoms with Crippen LogP contribution in [0, 0.1) is 0 Å². The van der Waals surface area contributed by atoms with Crippen LogP contribution in [0.5, 0.6) is 11.5 Å². The number of amides is 1. The van der Waals surface area contributed by atoms with Gasteiger partial charge in [-0.2, -0.15) is 0 Å². The minimum Gasteiger partial charge on any atom is -0.497 e. The van der Waals surface area contributed by atoms with E-state index in [0.29, 0.717) is 27.9 Å². The third kappa shape index (κ3) is 4.00. The Bertz CT molecular complexity index is 684. The molecule has 0 aliphatic heterocycles. The maximum atomic E-state index is 12.5. The van der Waals surface area contributed by atoms with Gasteiger partial charge in [0.15, 0.2) is 0 Å². The molecule has 0 aliphatic rings. The van der Waals surface area contributed by atoms with E-state index in [2.05, 4.69) is 4.98 Å². The Morgan fingerprint density at radius 1 is 1.39 bits per heavy atom. The van der Waals surface area contributed by atoms with Gasteiger partial charge in [-0.25, -0.2) is 4.98 Å². The van der Waals surface area contributed by atoms with E-state index in [1.165, 1.54) is 17.5 Å². The van der Waals surface area contributed by atoms with Crippen LogP contribution in [0.2, 0.25) is 0 Å². The third-order valence-electron chi connectivity index (χ3n) is 3.34. The average molecular weight is 336 g/mol. The third-order valence-corrected chi connectivity index (χ3v) is 4.50. The molecule has 0 unspecified atom stereocenters. The summed E-state index contributed by atoms with van der Waals surface area (Å²) in [5.74, 6) is 1.22. The Hall–Kier alpha value is -2.12. The maximum absolute atomic E-state index is 12.5. The summed E-state index contributed by atoms with van der Waals surface area (Å²) in [6, 6.07) is 5.48. The highest BCUT2D eigenvalue weighted by molar-refractivity contribution is 7.13. The number of nitrogens with zero attached hydrogens (tertiary/aromatic N) is 2. The lowest BCUT2D eigenvalue weighted by Gasteiger charge is -2.18. The number of rotatable bonds is 6. The second-order valence-corrected chi connectivity index (χ2v) is 6.14. The van der Waals surface area contributed by atoms with Crippen LogP contribution in [0.4, 0.5) is 0 Å².